The van der Waals surface area contributed by atoms with Gasteiger partial charge in [0.15, 0.2) is 5.82 Å². The summed E-state index contributed by atoms with van der Waals surface area (Å²) in [6.07, 6.45) is 5.44. The number of carbonyl (C=O) groups is 1. The quantitative estimate of drug-likeness (QED) is 0.851. The highest BCUT2D eigenvalue weighted by atomic mass is 16.4. The standard InChI is InChI=1S/C12H12N4O2/c13-9-5-8(12(17)18)6-14-11(9)16-4-3-10(15-16)7-1-2-7/h3-7H,1-2,13H2,(H,17,18). The smallest absolute Gasteiger partial charge is 0.337 e. The van der Waals surface area contributed by atoms with E-state index in [-0.39, 0.29) is 5.56 Å². The summed E-state index contributed by atoms with van der Waals surface area (Å²) < 4.78 is 1.59. The summed E-state index contributed by atoms with van der Waals surface area (Å²) in [5, 5.41) is 13.2. The van der Waals surface area contributed by atoms with E-state index >= 15 is 0 Å². The van der Waals surface area contributed by atoms with Gasteiger partial charge in [0.2, 0.25) is 0 Å². The highest BCUT2D eigenvalue weighted by Crippen LogP contribution is 2.39. The highest BCUT2D eigenvalue weighted by Gasteiger charge is 2.26. The Labute approximate surface area is 103 Å². The zero-order valence-electron chi connectivity index (χ0n) is 9.58. The van der Waals surface area contributed by atoms with E-state index < -0.39 is 5.97 Å². The fourth-order valence-corrected chi connectivity index (χ4v) is 1.84. The molecule has 0 amide bonds. The van der Waals surface area contributed by atoms with Crippen molar-refractivity contribution in [3.63, 3.8) is 0 Å². The van der Waals surface area contributed by atoms with E-state index in [4.69, 9.17) is 10.8 Å². The van der Waals surface area contributed by atoms with E-state index in [0.717, 1.165) is 5.69 Å². The molecule has 92 valence electrons. The first-order chi connectivity index (χ1) is 8.65. The molecule has 6 heteroatoms. The third-order valence-electron chi connectivity index (χ3n) is 2.96. The largest absolute Gasteiger partial charge is 0.478 e. The van der Waals surface area contributed by atoms with Crippen LogP contribution >= 0.6 is 0 Å². The third-order valence-corrected chi connectivity index (χ3v) is 2.96. The minimum Gasteiger partial charge on any atom is -0.478 e. The zero-order chi connectivity index (χ0) is 12.7. The van der Waals surface area contributed by atoms with Crippen molar-refractivity contribution < 1.29 is 9.90 Å². The first-order valence-electron chi connectivity index (χ1n) is 5.70. The lowest BCUT2D eigenvalue weighted by molar-refractivity contribution is 0.0696. The van der Waals surface area contributed by atoms with Crippen LogP contribution in [0.4, 0.5) is 5.69 Å². The first kappa shape index (κ1) is 10.8. The molecule has 2 heterocycles. The average molecular weight is 244 g/mol. The van der Waals surface area contributed by atoms with E-state index in [2.05, 4.69) is 10.1 Å². The van der Waals surface area contributed by atoms with Crippen LogP contribution in [0.3, 0.4) is 0 Å². The number of pyridine rings is 1. The summed E-state index contributed by atoms with van der Waals surface area (Å²) in [6.45, 7) is 0. The number of nitrogen functional groups attached to an aromatic ring is 1. The minimum atomic E-state index is -1.04. The maximum Gasteiger partial charge on any atom is 0.337 e. The van der Waals surface area contributed by atoms with Gasteiger partial charge in [0.25, 0.3) is 0 Å². The molecule has 1 fully saturated rings. The zero-order valence-corrected chi connectivity index (χ0v) is 9.58. The van der Waals surface area contributed by atoms with Gasteiger partial charge in [0.1, 0.15) is 0 Å². The van der Waals surface area contributed by atoms with Crippen LogP contribution in [-0.4, -0.2) is 25.8 Å². The summed E-state index contributed by atoms with van der Waals surface area (Å²) in [7, 11) is 0. The number of hydrogen-bond donors (Lipinski definition) is 2. The van der Waals surface area contributed by atoms with Crippen molar-refractivity contribution in [2.75, 3.05) is 5.73 Å². The van der Waals surface area contributed by atoms with Gasteiger partial charge >= 0.3 is 5.97 Å². The van der Waals surface area contributed by atoms with Crippen molar-refractivity contribution in [1.29, 1.82) is 0 Å². The number of aromatic carboxylic acids is 1. The normalized spacial score (nSPS) is 14.7. The summed E-state index contributed by atoms with van der Waals surface area (Å²) >= 11 is 0. The second-order valence-corrected chi connectivity index (χ2v) is 4.40. The van der Waals surface area contributed by atoms with E-state index in [1.807, 2.05) is 6.07 Å². The number of aromatic nitrogens is 3. The summed E-state index contributed by atoms with van der Waals surface area (Å²) in [4.78, 5) is 14.8. The van der Waals surface area contributed by atoms with Crippen LogP contribution in [0.25, 0.3) is 5.82 Å². The van der Waals surface area contributed by atoms with Crippen molar-refractivity contribution in [2.24, 2.45) is 0 Å². The van der Waals surface area contributed by atoms with Gasteiger partial charge in [0.05, 0.1) is 16.9 Å². The van der Waals surface area contributed by atoms with Crippen molar-refractivity contribution in [3.8, 4) is 5.82 Å². The Morgan fingerprint density at radius 3 is 2.89 bits per heavy atom. The van der Waals surface area contributed by atoms with Gasteiger partial charge in [-0.05, 0) is 25.0 Å². The average Bonchev–Trinajstić information content (AvgIpc) is 3.08. The molecule has 3 rings (SSSR count). The van der Waals surface area contributed by atoms with Crippen LogP contribution in [0.2, 0.25) is 0 Å². The maximum absolute atomic E-state index is 10.8. The van der Waals surface area contributed by atoms with Crippen molar-refractivity contribution in [3.05, 3.63) is 35.8 Å². The number of rotatable bonds is 3. The number of hydrogen-bond acceptors (Lipinski definition) is 4. The Bertz CT molecular complexity index is 616. The van der Waals surface area contributed by atoms with E-state index in [1.54, 1.807) is 10.9 Å². The molecule has 0 spiro atoms. The number of carboxylic acids is 1. The molecule has 1 aliphatic carbocycles. The molecule has 0 saturated heterocycles. The molecule has 1 aliphatic rings. The maximum atomic E-state index is 10.8. The number of carboxylic acid groups (broad SMARTS) is 1. The lowest BCUT2D eigenvalue weighted by Gasteiger charge is -2.05. The Morgan fingerprint density at radius 2 is 2.28 bits per heavy atom. The van der Waals surface area contributed by atoms with E-state index in [9.17, 15) is 4.79 Å². The van der Waals surface area contributed by atoms with Crippen molar-refractivity contribution >= 4 is 11.7 Å². The molecule has 0 atom stereocenters. The SMILES string of the molecule is Nc1cc(C(=O)O)cnc1-n1ccc(C2CC2)n1. The molecule has 6 nitrogen and oxygen atoms in total. The molecular formula is C12H12N4O2. The molecule has 1 saturated carbocycles. The molecule has 0 aliphatic heterocycles. The van der Waals surface area contributed by atoms with Gasteiger partial charge in [-0.15, -0.1) is 0 Å². The van der Waals surface area contributed by atoms with E-state index in [0.29, 0.717) is 17.4 Å². The molecule has 2 aromatic heterocycles. The molecule has 0 bridgehead atoms. The third kappa shape index (κ3) is 1.81. The van der Waals surface area contributed by atoms with Crippen molar-refractivity contribution in [2.45, 2.75) is 18.8 Å². The van der Waals surface area contributed by atoms with Crippen LogP contribution in [0.5, 0.6) is 0 Å². The van der Waals surface area contributed by atoms with Gasteiger partial charge in [-0.25, -0.2) is 14.5 Å². The fourth-order valence-electron chi connectivity index (χ4n) is 1.84. The molecule has 0 radical (unpaired) electrons. The fraction of sp³-hybridized carbons (Fsp3) is 0.250. The second-order valence-electron chi connectivity index (χ2n) is 4.40. The Morgan fingerprint density at radius 1 is 1.50 bits per heavy atom. The summed E-state index contributed by atoms with van der Waals surface area (Å²) in [5.74, 6) is -0.0162. The van der Waals surface area contributed by atoms with Crippen LogP contribution in [0, 0.1) is 0 Å². The Hall–Kier alpha value is -2.37. The summed E-state index contributed by atoms with van der Waals surface area (Å²) in [6, 6.07) is 3.34. The van der Waals surface area contributed by atoms with Gasteiger partial charge in [0, 0.05) is 18.3 Å². The lowest BCUT2D eigenvalue weighted by atomic mass is 10.2. The van der Waals surface area contributed by atoms with Crippen LogP contribution in [0.1, 0.15) is 34.8 Å². The van der Waals surface area contributed by atoms with Gasteiger partial charge < -0.3 is 10.8 Å². The molecule has 2 aromatic rings. The van der Waals surface area contributed by atoms with Crippen LogP contribution < -0.4 is 5.73 Å². The molecular weight excluding hydrogens is 232 g/mol. The Balaban J connectivity index is 1.97. The van der Waals surface area contributed by atoms with Gasteiger partial charge in [-0.1, -0.05) is 0 Å². The van der Waals surface area contributed by atoms with Gasteiger partial charge in [-0.3, -0.25) is 0 Å². The second kappa shape index (κ2) is 3.83. The predicted octanol–water partition coefficient (Wildman–Crippen LogP) is 1.43. The molecule has 0 unspecified atom stereocenters. The summed E-state index contributed by atoms with van der Waals surface area (Å²) in [5.41, 5.74) is 7.23. The number of nitrogens with two attached hydrogens (primary N) is 1. The van der Waals surface area contributed by atoms with Crippen LogP contribution in [0.15, 0.2) is 24.5 Å². The minimum absolute atomic E-state index is 0.0748. The Kier molecular flexibility index (Phi) is 2.29. The van der Waals surface area contributed by atoms with Gasteiger partial charge in [-0.2, -0.15) is 5.10 Å². The van der Waals surface area contributed by atoms with Crippen LogP contribution in [-0.2, 0) is 0 Å². The number of nitrogens with zero attached hydrogens (tertiary/aromatic N) is 3. The highest BCUT2D eigenvalue weighted by molar-refractivity contribution is 5.88. The number of anilines is 1. The monoisotopic (exact) mass is 244 g/mol. The molecule has 0 aromatic carbocycles. The molecule has 3 N–H and O–H groups in total. The lowest BCUT2D eigenvalue weighted by Crippen LogP contribution is -2.07. The molecule has 18 heavy (non-hydrogen) atoms. The van der Waals surface area contributed by atoms with E-state index in [1.165, 1.54) is 25.1 Å². The predicted molar refractivity (Wildman–Crippen MR) is 64.7 cm³/mol. The first-order valence-corrected chi connectivity index (χ1v) is 5.70. The van der Waals surface area contributed by atoms with Crippen molar-refractivity contribution in [1.82, 2.24) is 14.8 Å². The topological polar surface area (TPSA) is 94.0 Å².